The Morgan fingerprint density at radius 3 is 2.68 bits per heavy atom. The van der Waals surface area contributed by atoms with Gasteiger partial charge in [0, 0.05) is 37.7 Å². The Morgan fingerprint density at radius 2 is 2.11 bits per heavy atom. The molecule has 0 radical (unpaired) electrons. The number of hydrogen-bond acceptors (Lipinski definition) is 4. The lowest BCUT2D eigenvalue weighted by Gasteiger charge is -2.33. The van der Waals surface area contributed by atoms with Gasteiger partial charge in [-0.15, -0.1) is 0 Å². The van der Waals surface area contributed by atoms with E-state index in [0.29, 0.717) is 5.92 Å². The van der Waals surface area contributed by atoms with Crippen LogP contribution >= 0.6 is 0 Å². The van der Waals surface area contributed by atoms with Gasteiger partial charge in [0.2, 0.25) is 5.91 Å². The molecule has 104 valence electrons. The molecule has 2 rings (SSSR count). The van der Waals surface area contributed by atoms with Crippen LogP contribution in [-0.4, -0.2) is 36.6 Å². The zero-order chi connectivity index (χ0) is 13.7. The number of rotatable bonds is 4. The van der Waals surface area contributed by atoms with E-state index >= 15 is 0 Å². The molecule has 1 unspecified atom stereocenters. The van der Waals surface area contributed by atoms with Crippen LogP contribution in [0.4, 0.5) is 5.69 Å². The maximum atomic E-state index is 11.4. The van der Waals surface area contributed by atoms with E-state index in [1.165, 1.54) is 5.69 Å². The first-order chi connectivity index (χ1) is 9.16. The van der Waals surface area contributed by atoms with E-state index in [1.54, 1.807) is 6.92 Å². The predicted octanol–water partition coefficient (Wildman–Crippen LogP) is 0.761. The van der Waals surface area contributed by atoms with Gasteiger partial charge in [0.15, 0.2) is 0 Å². The maximum Gasteiger partial charge on any atom is 0.236 e. The second-order valence-corrected chi connectivity index (χ2v) is 5.17. The Balaban J connectivity index is 1.75. The lowest BCUT2D eigenvalue weighted by Crippen LogP contribution is -2.43. The van der Waals surface area contributed by atoms with Gasteiger partial charge in [-0.05, 0) is 37.8 Å². The minimum absolute atomic E-state index is 0.0587. The summed E-state index contributed by atoms with van der Waals surface area (Å²) in [5, 5.41) is 2.91. The van der Waals surface area contributed by atoms with Crippen LogP contribution in [0.2, 0.25) is 0 Å². The molecule has 5 heteroatoms. The monoisotopic (exact) mass is 262 g/mol. The van der Waals surface area contributed by atoms with Crippen molar-refractivity contribution in [1.29, 1.82) is 0 Å². The first-order valence-electron chi connectivity index (χ1n) is 6.85. The van der Waals surface area contributed by atoms with Crippen molar-refractivity contribution < 1.29 is 4.79 Å². The van der Waals surface area contributed by atoms with Crippen LogP contribution in [-0.2, 0) is 4.79 Å². The average Bonchev–Trinajstić information content (AvgIpc) is 2.46. The topological polar surface area (TPSA) is 71.2 Å². The van der Waals surface area contributed by atoms with Crippen molar-refractivity contribution in [3.63, 3.8) is 0 Å². The summed E-state index contributed by atoms with van der Waals surface area (Å²) in [5.74, 6) is 0.498. The third-order valence-electron chi connectivity index (χ3n) is 3.62. The summed E-state index contributed by atoms with van der Waals surface area (Å²) in [4.78, 5) is 17.8. The summed E-state index contributed by atoms with van der Waals surface area (Å²) < 4.78 is 0. The molecule has 3 N–H and O–H groups in total. The van der Waals surface area contributed by atoms with Gasteiger partial charge in [0.1, 0.15) is 0 Å². The summed E-state index contributed by atoms with van der Waals surface area (Å²) in [7, 11) is 0. The molecule has 1 aromatic rings. The molecule has 1 aliphatic heterocycles. The smallest absolute Gasteiger partial charge is 0.236 e. The van der Waals surface area contributed by atoms with E-state index in [4.69, 9.17) is 5.73 Å². The zero-order valence-corrected chi connectivity index (χ0v) is 11.4. The minimum Gasteiger partial charge on any atom is -0.371 e. The van der Waals surface area contributed by atoms with E-state index in [0.717, 1.165) is 32.5 Å². The molecule has 0 saturated carbocycles. The lowest BCUT2D eigenvalue weighted by molar-refractivity contribution is -0.122. The highest BCUT2D eigenvalue weighted by Crippen LogP contribution is 2.22. The van der Waals surface area contributed by atoms with Crippen molar-refractivity contribution in [2.45, 2.75) is 25.8 Å². The molecule has 0 bridgehead atoms. The van der Waals surface area contributed by atoms with E-state index in [-0.39, 0.29) is 5.91 Å². The van der Waals surface area contributed by atoms with E-state index in [2.05, 4.69) is 15.2 Å². The maximum absolute atomic E-state index is 11.4. The van der Waals surface area contributed by atoms with Crippen LogP contribution in [0.25, 0.3) is 0 Å². The van der Waals surface area contributed by atoms with Gasteiger partial charge in [-0.25, -0.2) is 0 Å². The summed E-state index contributed by atoms with van der Waals surface area (Å²) in [6.45, 7) is 4.51. The number of amides is 1. The van der Waals surface area contributed by atoms with Crippen molar-refractivity contribution in [2.24, 2.45) is 11.7 Å². The number of pyridine rings is 1. The molecule has 1 amide bonds. The van der Waals surface area contributed by atoms with Gasteiger partial charge >= 0.3 is 0 Å². The van der Waals surface area contributed by atoms with Gasteiger partial charge in [0.05, 0.1) is 6.04 Å². The average molecular weight is 262 g/mol. The first kappa shape index (κ1) is 13.8. The van der Waals surface area contributed by atoms with Crippen molar-refractivity contribution in [1.82, 2.24) is 10.3 Å². The number of nitrogens with one attached hydrogen (secondary N) is 1. The molecular formula is C14H22N4O. The Morgan fingerprint density at radius 1 is 1.47 bits per heavy atom. The van der Waals surface area contributed by atoms with Crippen LogP contribution in [0.5, 0.6) is 0 Å². The van der Waals surface area contributed by atoms with Gasteiger partial charge in [-0.1, -0.05) is 0 Å². The van der Waals surface area contributed by atoms with Gasteiger partial charge in [0.25, 0.3) is 0 Å². The molecule has 5 nitrogen and oxygen atoms in total. The Labute approximate surface area is 114 Å². The fourth-order valence-corrected chi connectivity index (χ4v) is 2.36. The standard InChI is InChI=1S/C14H22N4O/c1-11(15)14(19)17-10-12-4-8-18(9-5-12)13-2-6-16-7-3-13/h2-3,6-7,11-12H,4-5,8-10,15H2,1H3,(H,17,19). The molecule has 1 aliphatic rings. The Kier molecular flexibility index (Phi) is 4.74. The van der Waals surface area contributed by atoms with Gasteiger partial charge in [-0.2, -0.15) is 0 Å². The lowest BCUT2D eigenvalue weighted by atomic mass is 9.96. The van der Waals surface area contributed by atoms with E-state index in [9.17, 15) is 4.79 Å². The molecule has 1 fully saturated rings. The molecule has 0 aromatic carbocycles. The van der Waals surface area contributed by atoms with Crippen LogP contribution in [0, 0.1) is 5.92 Å². The normalized spacial score (nSPS) is 18.1. The van der Waals surface area contributed by atoms with Crippen molar-refractivity contribution >= 4 is 11.6 Å². The second kappa shape index (κ2) is 6.52. The van der Waals surface area contributed by atoms with Gasteiger partial charge in [-0.3, -0.25) is 9.78 Å². The number of aromatic nitrogens is 1. The molecule has 19 heavy (non-hydrogen) atoms. The van der Waals surface area contributed by atoms with E-state index < -0.39 is 6.04 Å². The number of piperidine rings is 1. The van der Waals surface area contributed by atoms with Gasteiger partial charge < -0.3 is 16.0 Å². The van der Waals surface area contributed by atoms with Crippen LogP contribution < -0.4 is 16.0 Å². The number of carbonyl (C=O) groups is 1. The quantitative estimate of drug-likeness (QED) is 0.840. The molecule has 1 atom stereocenters. The van der Waals surface area contributed by atoms with Crippen molar-refractivity contribution in [2.75, 3.05) is 24.5 Å². The molecule has 1 saturated heterocycles. The van der Waals surface area contributed by atoms with Crippen LogP contribution in [0.15, 0.2) is 24.5 Å². The summed E-state index contributed by atoms with van der Waals surface area (Å²) >= 11 is 0. The predicted molar refractivity (Wildman–Crippen MR) is 75.8 cm³/mol. The molecule has 2 heterocycles. The van der Waals surface area contributed by atoms with Crippen LogP contribution in [0.3, 0.4) is 0 Å². The summed E-state index contributed by atoms with van der Waals surface area (Å²) in [6, 6.07) is 3.66. The van der Waals surface area contributed by atoms with E-state index in [1.807, 2.05) is 24.5 Å². The third kappa shape index (κ3) is 3.92. The fourth-order valence-electron chi connectivity index (χ4n) is 2.36. The highest BCUT2D eigenvalue weighted by Gasteiger charge is 2.20. The fraction of sp³-hybridized carbons (Fsp3) is 0.571. The third-order valence-corrected chi connectivity index (χ3v) is 3.62. The number of carbonyl (C=O) groups excluding carboxylic acids is 1. The number of nitrogens with zero attached hydrogens (tertiary/aromatic N) is 2. The van der Waals surface area contributed by atoms with Crippen molar-refractivity contribution in [3.05, 3.63) is 24.5 Å². The Bertz CT molecular complexity index is 399. The molecule has 1 aromatic heterocycles. The SMILES string of the molecule is CC(N)C(=O)NCC1CCN(c2ccncc2)CC1. The highest BCUT2D eigenvalue weighted by atomic mass is 16.2. The first-order valence-corrected chi connectivity index (χ1v) is 6.85. The zero-order valence-electron chi connectivity index (χ0n) is 11.4. The molecular weight excluding hydrogens is 240 g/mol. The molecule has 0 spiro atoms. The largest absolute Gasteiger partial charge is 0.371 e. The number of hydrogen-bond donors (Lipinski definition) is 2. The number of nitrogens with two attached hydrogens (primary N) is 1. The molecule has 0 aliphatic carbocycles. The van der Waals surface area contributed by atoms with Crippen molar-refractivity contribution in [3.8, 4) is 0 Å². The summed E-state index contributed by atoms with van der Waals surface area (Å²) in [5.41, 5.74) is 6.75. The van der Waals surface area contributed by atoms with Crippen LogP contribution in [0.1, 0.15) is 19.8 Å². The second-order valence-electron chi connectivity index (χ2n) is 5.17. The Hall–Kier alpha value is -1.62. The summed E-state index contributed by atoms with van der Waals surface area (Å²) in [6.07, 6.45) is 5.84. The minimum atomic E-state index is -0.420. The number of anilines is 1. The highest BCUT2D eigenvalue weighted by molar-refractivity contribution is 5.80.